The molecule has 2 atom stereocenters. The number of H-pyrrole nitrogens is 1. The number of alkyl halides is 3. The van der Waals surface area contributed by atoms with Gasteiger partial charge < -0.3 is 20.8 Å². The van der Waals surface area contributed by atoms with Gasteiger partial charge in [-0.2, -0.15) is 13.2 Å². The maximum Gasteiger partial charge on any atom is 0.419 e. The van der Waals surface area contributed by atoms with E-state index in [2.05, 4.69) is 30.3 Å². The van der Waals surface area contributed by atoms with Crippen molar-refractivity contribution in [1.82, 2.24) is 15.0 Å². The van der Waals surface area contributed by atoms with Gasteiger partial charge in [-0.25, -0.2) is 14.8 Å². The molecule has 2 heterocycles. The molecule has 0 saturated heterocycles. The molecule has 3 aromatic rings. The van der Waals surface area contributed by atoms with Crippen LogP contribution in [0.1, 0.15) is 24.8 Å². The normalized spacial score (nSPS) is 18.7. The second kappa shape index (κ2) is 8.47. The van der Waals surface area contributed by atoms with Crippen molar-refractivity contribution >= 4 is 40.2 Å². The molecule has 5 N–H and O–H groups in total. The Hall–Kier alpha value is -3.05. The number of methoxy groups -OCH3 is 1. The predicted molar refractivity (Wildman–Crippen MR) is 115 cm³/mol. The number of carbonyl (C=O) groups is 1. The number of hydrogen-bond donors (Lipinski definition) is 4. The van der Waals surface area contributed by atoms with Crippen LogP contribution >= 0.6 is 11.6 Å². The van der Waals surface area contributed by atoms with Crippen LogP contribution in [-0.2, 0) is 10.9 Å². The Labute approximate surface area is 185 Å². The van der Waals surface area contributed by atoms with Crippen LogP contribution in [0.2, 0.25) is 5.02 Å². The summed E-state index contributed by atoms with van der Waals surface area (Å²) in [4.78, 5) is 22.4. The largest absolute Gasteiger partial charge is 0.453 e. The first-order chi connectivity index (χ1) is 15.2. The number of nitrogens with two attached hydrogens (primary N) is 1. The standard InChI is InChI=1S/C20H20ClF3N6O2/c1-32-19(31)29-14-6-5-9-10(7-26-17(9)15(14)21)16-11(20(22,23)24)8-27-18(30-16)28-13-4-2-3-12(13)25/h5-8,12-13,26H,2-4,25H2,1H3,(H,29,31)(H,27,28,30)/t12-,13-/m0/s1. The van der Waals surface area contributed by atoms with Crippen LogP contribution in [-0.4, -0.2) is 40.2 Å². The molecule has 170 valence electrons. The number of fused-ring (bicyclic) bond motifs is 1. The Bertz CT molecular complexity index is 1170. The van der Waals surface area contributed by atoms with Gasteiger partial charge in [-0.1, -0.05) is 11.6 Å². The summed E-state index contributed by atoms with van der Waals surface area (Å²) in [6.45, 7) is 0. The van der Waals surface area contributed by atoms with Gasteiger partial charge in [0.1, 0.15) is 5.56 Å². The molecule has 1 saturated carbocycles. The van der Waals surface area contributed by atoms with E-state index in [9.17, 15) is 18.0 Å². The van der Waals surface area contributed by atoms with Crippen LogP contribution in [0.3, 0.4) is 0 Å². The number of halogens is 4. The van der Waals surface area contributed by atoms with Crippen molar-refractivity contribution in [2.45, 2.75) is 37.5 Å². The van der Waals surface area contributed by atoms with Crippen molar-refractivity contribution in [3.63, 3.8) is 0 Å². The first-order valence-corrected chi connectivity index (χ1v) is 10.2. The zero-order chi connectivity index (χ0) is 23.0. The number of ether oxygens (including phenoxy) is 1. The van der Waals surface area contributed by atoms with E-state index in [1.165, 1.54) is 19.4 Å². The van der Waals surface area contributed by atoms with E-state index in [1.807, 2.05) is 0 Å². The molecule has 1 aliphatic rings. The number of hydrogen-bond acceptors (Lipinski definition) is 6. The third-order valence-electron chi connectivity index (χ3n) is 5.45. The van der Waals surface area contributed by atoms with Gasteiger partial charge in [0.15, 0.2) is 0 Å². The second-order valence-electron chi connectivity index (χ2n) is 7.47. The molecule has 8 nitrogen and oxygen atoms in total. The van der Waals surface area contributed by atoms with Gasteiger partial charge in [0.2, 0.25) is 5.95 Å². The van der Waals surface area contributed by atoms with Crippen molar-refractivity contribution in [3.8, 4) is 11.3 Å². The van der Waals surface area contributed by atoms with Gasteiger partial charge in [0.25, 0.3) is 0 Å². The van der Waals surface area contributed by atoms with E-state index in [1.54, 1.807) is 6.07 Å². The molecule has 0 unspecified atom stereocenters. The number of carbonyl (C=O) groups excluding carboxylic acids is 1. The zero-order valence-corrected chi connectivity index (χ0v) is 17.6. The van der Waals surface area contributed by atoms with Crippen LogP contribution in [0.15, 0.2) is 24.5 Å². The fraction of sp³-hybridized carbons (Fsp3) is 0.350. The van der Waals surface area contributed by atoms with E-state index in [0.29, 0.717) is 10.9 Å². The lowest BCUT2D eigenvalue weighted by atomic mass is 10.1. The Kier molecular flexibility index (Phi) is 5.87. The number of nitrogens with one attached hydrogen (secondary N) is 3. The highest BCUT2D eigenvalue weighted by molar-refractivity contribution is 6.38. The van der Waals surface area contributed by atoms with Gasteiger partial charge in [-0.15, -0.1) is 0 Å². The molecular weight excluding hydrogens is 449 g/mol. The lowest BCUT2D eigenvalue weighted by Crippen LogP contribution is -2.35. The highest BCUT2D eigenvalue weighted by atomic mass is 35.5. The number of nitrogens with zero attached hydrogens (tertiary/aromatic N) is 2. The summed E-state index contributed by atoms with van der Waals surface area (Å²) in [7, 11) is 1.20. The fourth-order valence-electron chi connectivity index (χ4n) is 3.82. The molecule has 1 aliphatic carbocycles. The lowest BCUT2D eigenvalue weighted by Gasteiger charge is -2.19. The summed E-state index contributed by atoms with van der Waals surface area (Å²) in [5.41, 5.74) is 5.56. The number of anilines is 2. The summed E-state index contributed by atoms with van der Waals surface area (Å²) in [5.74, 6) is 0.0692. The van der Waals surface area contributed by atoms with E-state index in [4.69, 9.17) is 17.3 Å². The molecule has 0 spiro atoms. The fourth-order valence-corrected chi connectivity index (χ4v) is 4.08. The topological polar surface area (TPSA) is 118 Å². The van der Waals surface area contributed by atoms with Crippen LogP contribution in [0.4, 0.5) is 29.6 Å². The van der Waals surface area contributed by atoms with Gasteiger partial charge in [-0.3, -0.25) is 5.32 Å². The van der Waals surface area contributed by atoms with Crippen molar-refractivity contribution in [3.05, 3.63) is 35.1 Å². The van der Waals surface area contributed by atoms with Crippen molar-refractivity contribution in [2.75, 3.05) is 17.7 Å². The molecule has 32 heavy (non-hydrogen) atoms. The summed E-state index contributed by atoms with van der Waals surface area (Å²) in [5, 5.41) is 6.03. The lowest BCUT2D eigenvalue weighted by molar-refractivity contribution is -0.137. The number of rotatable bonds is 4. The van der Waals surface area contributed by atoms with E-state index in [-0.39, 0.29) is 40.0 Å². The maximum absolute atomic E-state index is 13.7. The molecule has 4 rings (SSSR count). The highest BCUT2D eigenvalue weighted by Crippen LogP contribution is 2.41. The smallest absolute Gasteiger partial charge is 0.419 e. The van der Waals surface area contributed by atoms with E-state index in [0.717, 1.165) is 25.5 Å². The minimum Gasteiger partial charge on any atom is -0.453 e. The molecule has 1 fully saturated rings. The first kappa shape index (κ1) is 22.2. The number of aromatic nitrogens is 3. The monoisotopic (exact) mass is 468 g/mol. The predicted octanol–water partition coefficient (Wildman–Crippen LogP) is 4.77. The molecule has 1 amide bonds. The van der Waals surface area contributed by atoms with Crippen LogP contribution in [0, 0.1) is 0 Å². The quantitative estimate of drug-likeness (QED) is 0.438. The first-order valence-electron chi connectivity index (χ1n) is 9.80. The Morgan fingerprint density at radius 2 is 2.12 bits per heavy atom. The van der Waals surface area contributed by atoms with Crippen molar-refractivity contribution < 1.29 is 22.7 Å². The van der Waals surface area contributed by atoms with E-state index >= 15 is 0 Å². The van der Waals surface area contributed by atoms with E-state index < -0.39 is 17.8 Å². The minimum absolute atomic E-state index is 0.0692. The van der Waals surface area contributed by atoms with Crippen LogP contribution in [0.5, 0.6) is 0 Å². The third kappa shape index (κ3) is 4.17. The van der Waals surface area contributed by atoms with Gasteiger partial charge in [-0.05, 0) is 31.4 Å². The molecule has 12 heteroatoms. The van der Waals surface area contributed by atoms with Crippen LogP contribution in [0.25, 0.3) is 22.2 Å². The SMILES string of the molecule is COC(=O)Nc1ccc2c(-c3nc(N[C@H]4CCC[C@@H]4N)ncc3C(F)(F)F)c[nH]c2c1Cl. The molecule has 0 radical (unpaired) electrons. The van der Waals surface area contributed by atoms with Crippen molar-refractivity contribution in [1.29, 1.82) is 0 Å². The summed E-state index contributed by atoms with van der Waals surface area (Å²) in [6.07, 6.45) is -0.700. The average molecular weight is 469 g/mol. The Balaban J connectivity index is 1.79. The number of benzene rings is 1. The third-order valence-corrected chi connectivity index (χ3v) is 5.84. The van der Waals surface area contributed by atoms with Crippen molar-refractivity contribution in [2.24, 2.45) is 5.73 Å². The minimum atomic E-state index is -4.67. The average Bonchev–Trinajstić information content (AvgIpc) is 3.35. The van der Waals surface area contributed by atoms with Crippen LogP contribution < -0.4 is 16.4 Å². The van der Waals surface area contributed by atoms with Gasteiger partial charge >= 0.3 is 12.3 Å². The molecule has 1 aromatic carbocycles. The molecular formula is C20H20ClF3N6O2. The zero-order valence-electron chi connectivity index (χ0n) is 16.9. The second-order valence-corrected chi connectivity index (χ2v) is 7.85. The number of amides is 1. The number of aromatic amines is 1. The Morgan fingerprint density at radius 3 is 2.78 bits per heavy atom. The van der Waals surface area contributed by atoms with Gasteiger partial charge in [0, 0.05) is 35.4 Å². The summed E-state index contributed by atoms with van der Waals surface area (Å²) >= 11 is 6.35. The molecule has 0 aliphatic heterocycles. The summed E-state index contributed by atoms with van der Waals surface area (Å²) < 4.78 is 45.8. The highest BCUT2D eigenvalue weighted by Gasteiger charge is 2.36. The molecule has 0 bridgehead atoms. The summed E-state index contributed by atoms with van der Waals surface area (Å²) in [6, 6.07) is 2.80. The molecule has 2 aromatic heterocycles. The van der Waals surface area contributed by atoms with Gasteiger partial charge in [0.05, 0.1) is 29.0 Å². The maximum atomic E-state index is 13.7. The Morgan fingerprint density at radius 1 is 1.34 bits per heavy atom.